The van der Waals surface area contributed by atoms with Crippen LogP contribution in [0.15, 0.2) is 18.2 Å². The van der Waals surface area contributed by atoms with Gasteiger partial charge in [0.2, 0.25) is 0 Å². The van der Waals surface area contributed by atoms with E-state index in [9.17, 15) is 0 Å². The molecule has 0 amide bonds. The van der Waals surface area contributed by atoms with Crippen LogP contribution in [0, 0.1) is 0 Å². The third kappa shape index (κ3) is 8.95. The second kappa shape index (κ2) is 11.1. The maximum absolute atomic E-state index is 6.20. The Labute approximate surface area is 156 Å². The Kier molecular flexibility index (Phi) is 9.86. The zero-order chi connectivity index (χ0) is 18.8. The van der Waals surface area contributed by atoms with E-state index in [0.29, 0.717) is 0 Å². The Morgan fingerprint density at radius 3 is 2.08 bits per heavy atom. The Hall–Kier alpha value is -0.753. The van der Waals surface area contributed by atoms with E-state index < -0.39 is 8.32 Å². The standard InChI is InChI=1S/C20H39N3OSi/c1-7-8-13-21-16-18-11-9-12-19(23-18)17-22-14-10-15-24-25(5,6)20(2,3)4/h9,11-12,21-22H,7-8,10,13-17H2,1-6H3. The lowest BCUT2D eigenvalue weighted by atomic mass is 10.2. The number of nitrogens with zero attached hydrogens (tertiary/aromatic N) is 1. The van der Waals surface area contributed by atoms with Gasteiger partial charge in [0.15, 0.2) is 8.32 Å². The smallest absolute Gasteiger partial charge is 0.191 e. The fraction of sp³-hybridized carbons (Fsp3) is 0.750. The molecule has 0 fully saturated rings. The van der Waals surface area contributed by atoms with Gasteiger partial charge in [-0.05, 0) is 56.2 Å². The van der Waals surface area contributed by atoms with Crippen LogP contribution in [-0.2, 0) is 17.5 Å². The van der Waals surface area contributed by atoms with Crippen molar-refractivity contribution in [1.29, 1.82) is 0 Å². The van der Waals surface area contributed by atoms with Gasteiger partial charge in [-0.25, -0.2) is 0 Å². The van der Waals surface area contributed by atoms with Gasteiger partial charge < -0.3 is 15.1 Å². The van der Waals surface area contributed by atoms with Crippen molar-refractivity contribution >= 4 is 8.32 Å². The van der Waals surface area contributed by atoms with Crippen molar-refractivity contribution in [2.24, 2.45) is 0 Å². The van der Waals surface area contributed by atoms with E-state index in [4.69, 9.17) is 9.41 Å². The molecular weight excluding hydrogens is 326 g/mol. The minimum Gasteiger partial charge on any atom is -0.417 e. The molecule has 1 rings (SSSR count). The minimum atomic E-state index is -1.60. The summed E-state index contributed by atoms with van der Waals surface area (Å²) >= 11 is 0. The van der Waals surface area contributed by atoms with Crippen LogP contribution >= 0.6 is 0 Å². The van der Waals surface area contributed by atoms with Crippen LogP contribution in [0.3, 0.4) is 0 Å². The zero-order valence-corrected chi connectivity index (χ0v) is 18.2. The highest BCUT2D eigenvalue weighted by molar-refractivity contribution is 6.74. The molecule has 4 nitrogen and oxygen atoms in total. The second-order valence-corrected chi connectivity index (χ2v) is 13.1. The first-order valence-corrected chi connectivity index (χ1v) is 12.7. The average molecular weight is 366 g/mol. The topological polar surface area (TPSA) is 46.2 Å². The molecular formula is C20H39N3OSi. The minimum absolute atomic E-state index is 0.288. The Morgan fingerprint density at radius 1 is 1.00 bits per heavy atom. The van der Waals surface area contributed by atoms with Gasteiger partial charge in [-0.1, -0.05) is 40.2 Å². The van der Waals surface area contributed by atoms with Crippen LogP contribution in [-0.4, -0.2) is 33.0 Å². The molecule has 0 radical (unpaired) electrons. The maximum Gasteiger partial charge on any atom is 0.191 e. The van der Waals surface area contributed by atoms with Gasteiger partial charge >= 0.3 is 0 Å². The van der Waals surface area contributed by atoms with Crippen molar-refractivity contribution in [3.63, 3.8) is 0 Å². The first-order valence-electron chi connectivity index (χ1n) is 9.76. The molecule has 1 aromatic heterocycles. The van der Waals surface area contributed by atoms with Gasteiger partial charge in [-0.3, -0.25) is 4.98 Å². The van der Waals surface area contributed by atoms with Gasteiger partial charge in [0.25, 0.3) is 0 Å². The first-order chi connectivity index (χ1) is 11.8. The molecule has 2 N–H and O–H groups in total. The summed E-state index contributed by atoms with van der Waals surface area (Å²) < 4.78 is 6.20. The summed E-state index contributed by atoms with van der Waals surface area (Å²) in [7, 11) is -1.60. The Balaban J connectivity index is 2.22. The predicted octanol–water partition coefficient (Wildman–Crippen LogP) is 4.47. The average Bonchev–Trinajstić information content (AvgIpc) is 2.54. The van der Waals surface area contributed by atoms with Crippen molar-refractivity contribution in [2.45, 2.75) is 78.2 Å². The molecule has 0 spiro atoms. The number of pyridine rings is 1. The molecule has 1 aromatic rings. The summed E-state index contributed by atoms with van der Waals surface area (Å²) in [5, 5.41) is 7.21. The van der Waals surface area contributed by atoms with Crippen LogP contribution in [0.1, 0.15) is 58.3 Å². The number of aromatic nitrogens is 1. The summed E-state index contributed by atoms with van der Waals surface area (Å²) in [6.45, 7) is 18.2. The lowest BCUT2D eigenvalue weighted by Gasteiger charge is -2.36. The highest BCUT2D eigenvalue weighted by atomic mass is 28.4. The summed E-state index contributed by atoms with van der Waals surface area (Å²) in [6, 6.07) is 6.28. The van der Waals surface area contributed by atoms with Crippen molar-refractivity contribution < 1.29 is 4.43 Å². The van der Waals surface area contributed by atoms with Crippen LogP contribution in [0.5, 0.6) is 0 Å². The van der Waals surface area contributed by atoms with Crippen molar-refractivity contribution in [2.75, 3.05) is 19.7 Å². The van der Waals surface area contributed by atoms with Crippen molar-refractivity contribution in [1.82, 2.24) is 15.6 Å². The molecule has 0 aliphatic carbocycles. The molecule has 0 bridgehead atoms. The van der Waals surface area contributed by atoms with E-state index in [1.807, 2.05) is 0 Å². The van der Waals surface area contributed by atoms with Gasteiger partial charge in [-0.15, -0.1) is 0 Å². The molecule has 5 heteroatoms. The van der Waals surface area contributed by atoms with Gasteiger partial charge in [0.05, 0.1) is 11.4 Å². The van der Waals surface area contributed by atoms with Gasteiger partial charge in [0, 0.05) is 19.7 Å². The molecule has 0 aromatic carbocycles. The third-order valence-corrected chi connectivity index (χ3v) is 9.49. The van der Waals surface area contributed by atoms with Crippen LogP contribution in [0.25, 0.3) is 0 Å². The number of hydrogen-bond donors (Lipinski definition) is 2. The van der Waals surface area contributed by atoms with Crippen LogP contribution in [0.2, 0.25) is 18.1 Å². The molecule has 0 aliphatic heterocycles. The predicted molar refractivity (Wildman–Crippen MR) is 110 cm³/mol. The fourth-order valence-electron chi connectivity index (χ4n) is 2.20. The Bertz CT molecular complexity index is 486. The van der Waals surface area contributed by atoms with Crippen molar-refractivity contribution in [3.8, 4) is 0 Å². The van der Waals surface area contributed by atoms with Crippen molar-refractivity contribution in [3.05, 3.63) is 29.6 Å². The van der Waals surface area contributed by atoms with Crippen LogP contribution < -0.4 is 10.6 Å². The molecule has 0 atom stereocenters. The second-order valence-electron chi connectivity index (χ2n) is 8.29. The molecule has 25 heavy (non-hydrogen) atoms. The summed E-state index contributed by atoms with van der Waals surface area (Å²) in [6.07, 6.45) is 3.49. The first kappa shape index (κ1) is 22.3. The van der Waals surface area contributed by atoms with Crippen LogP contribution in [0.4, 0.5) is 0 Å². The zero-order valence-electron chi connectivity index (χ0n) is 17.2. The molecule has 1 heterocycles. The summed E-state index contributed by atoms with van der Waals surface area (Å²) in [5.41, 5.74) is 2.23. The molecule has 0 saturated carbocycles. The fourth-order valence-corrected chi connectivity index (χ4v) is 3.29. The van der Waals surface area contributed by atoms with Gasteiger partial charge in [0.1, 0.15) is 0 Å². The van der Waals surface area contributed by atoms with E-state index in [1.165, 1.54) is 12.8 Å². The molecule has 144 valence electrons. The maximum atomic E-state index is 6.20. The SMILES string of the molecule is CCCCNCc1cccc(CNCCCO[Si](C)(C)C(C)(C)C)n1. The highest BCUT2D eigenvalue weighted by Gasteiger charge is 2.36. The number of rotatable bonds is 12. The molecule has 0 saturated heterocycles. The Morgan fingerprint density at radius 2 is 1.56 bits per heavy atom. The monoisotopic (exact) mass is 365 g/mol. The van der Waals surface area contributed by atoms with Gasteiger partial charge in [-0.2, -0.15) is 0 Å². The van der Waals surface area contributed by atoms with E-state index in [0.717, 1.165) is 50.6 Å². The highest BCUT2D eigenvalue weighted by Crippen LogP contribution is 2.36. The number of unbranched alkanes of at least 4 members (excludes halogenated alkanes) is 1. The van der Waals surface area contributed by atoms with E-state index in [2.05, 4.69) is 69.6 Å². The third-order valence-electron chi connectivity index (χ3n) is 4.95. The number of hydrogen-bond acceptors (Lipinski definition) is 4. The quantitative estimate of drug-likeness (QED) is 0.424. The normalized spacial score (nSPS) is 12.6. The lowest BCUT2D eigenvalue weighted by molar-refractivity contribution is 0.280. The van der Waals surface area contributed by atoms with E-state index in [1.54, 1.807) is 0 Å². The van der Waals surface area contributed by atoms with E-state index >= 15 is 0 Å². The largest absolute Gasteiger partial charge is 0.417 e. The molecule has 0 aliphatic rings. The summed E-state index contributed by atoms with van der Waals surface area (Å²) in [4.78, 5) is 4.71. The van der Waals surface area contributed by atoms with E-state index in [-0.39, 0.29) is 5.04 Å². The molecule has 0 unspecified atom stereocenters. The summed E-state index contributed by atoms with van der Waals surface area (Å²) in [5.74, 6) is 0. The lowest BCUT2D eigenvalue weighted by Crippen LogP contribution is -2.41. The number of nitrogens with one attached hydrogen (secondary N) is 2.